The molecule has 35 heavy (non-hydrogen) atoms. The lowest BCUT2D eigenvalue weighted by Gasteiger charge is -2.36. The summed E-state index contributed by atoms with van der Waals surface area (Å²) in [6.07, 6.45) is 0.661. The first-order valence-corrected chi connectivity index (χ1v) is 11.6. The number of methoxy groups -OCH3 is 2. The zero-order valence-electron chi connectivity index (χ0n) is 19.3. The minimum absolute atomic E-state index is 0.294. The van der Waals surface area contributed by atoms with Crippen molar-refractivity contribution < 1.29 is 19.1 Å². The van der Waals surface area contributed by atoms with Crippen molar-refractivity contribution in [3.63, 3.8) is 0 Å². The highest BCUT2D eigenvalue weighted by atomic mass is 35.5. The van der Waals surface area contributed by atoms with Gasteiger partial charge in [0, 0.05) is 28.2 Å². The highest BCUT2D eigenvalue weighted by Crippen LogP contribution is 2.39. The molecular formula is C27H24ClN3O4. The van der Waals surface area contributed by atoms with E-state index in [1.165, 1.54) is 7.11 Å². The Morgan fingerprint density at radius 1 is 1.06 bits per heavy atom. The van der Waals surface area contributed by atoms with E-state index in [-0.39, 0.29) is 12.1 Å². The number of rotatable bonds is 4. The Bertz CT molecular complexity index is 1410. The molecule has 8 heteroatoms. The summed E-state index contributed by atoms with van der Waals surface area (Å²) in [6, 6.07) is 19.6. The number of esters is 1. The van der Waals surface area contributed by atoms with E-state index in [4.69, 9.17) is 21.1 Å². The summed E-state index contributed by atoms with van der Waals surface area (Å²) in [5.41, 5.74) is 4.67. The van der Waals surface area contributed by atoms with Gasteiger partial charge in [0.25, 0.3) is 0 Å². The number of aromatic amines is 1. The van der Waals surface area contributed by atoms with Crippen LogP contribution in [0.5, 0.6) is 5.75 Å². The highest BCUT2D eigenvalue weighted by molar-refractivity contribution is 6.31. The van der Waals surface area contributed by atoms with Gasteiger partial charge in [0.1, 0.15) is 5.75 Å². The topological polar surface area (TPSA) is 83.7 Å². The fraction of sp³-hybridized carbons (Fsp3) is 0.185. The van der Waals surface area contributed by atoms with Crippen LogP contribution < -0.4 is 10.1 Å². The first-order valence-electron chi connectivity index (χ1n) is 11.2. The molecule has 7 nitrogen and oxygen atoms in total. The van der Waals surface area contributed by atoms with Crippen LogP contribution in [-0.2, 0) is 11.2 Å². The lowest BCUT2D eigenvalue weighted by molar-refractivity contribution is 0.0602. The van der Waals surface area contributed by atoms with Crippen molar-refractivity contribution in [3.05, 3.63) is 94.1 Å². The molecule has 2 heterocycles. The minimum atomic E-state index is -0.513. The average Bonchev–Trinajstić information content (AvgIpc) is 3.25. The van der Waals surface area contributed by atoms with Gasteiger partial charge in [0.15, 0.2) is 0 Å². The second-order valence-electron chi connectivity index (χ2n) is 8.29. The third-order valence-electron chi connectivity index (χ3n) is 6.36. The van der Waals surface area contributed by atoms with E-state index in [9.17, 15) is 9.59 Å². The van der Waals surface area contributed by atoms with Gasteiger partial charge in [-0.15, -0.1) is 0 Å². The van der Waals surface area contributed by atoms with Gasteiger partial charge >= 0.3 is 12.0 Å². The fourth-order valence-electron chi connectivity index (χ4n) is 4.68. The van der Waals surface area contributed by atoms with Crippen LogP contribution in [0.25, 0.3) is 10.9 Å². The number of urea groups is 1. The van der Waals surface area contributed by atoms with Crippen molar-refractivity contribution in [1.82, 2.24) is 9.88 Å². The Morgan fingerprint density at radius 3 is 2.57 bits per heavy atom. The molecule has 0 saturated heterocycles. The molecule has 0 aliphatic carbocycles. The molecule has 3 aromatic carbocycles. The number of hydrogen-bond acceptors (Lipinski definition) is 4. The lowest BCUT2D eigenvalue weighted by atomic mass is 9.92. The van der Waals surface area contributed by atoms with Gasteiger partial charge in [-0.3, -0.25) is 0 Å². The summed E-state index contributed by atoms with van der Waals surface area (Å²) in [5.74, 6) is 0.220. The second kappa shape index (κ2) is 9.35. The number of anilines is 1. The largest absolute Gasteiger partial charge is 0.497 e. The molecule has 0 saturated carbocycles. The number of amides is 2. The van der Waals surface area contributed by atoms with E-state index in [0.29, 0.717) is 29.2 Å². The molecule has 5 rings (SSSR count). The van der Waals surface area contributed by atoms with Gasteiger partial charge in [-0.2, -0.15) is 0 Å². The van der Waals surface area contributed by atoms with Gasteiger partial charge in [-0.1, -0.05) is 35.9 Å². The van der Waals surface area contributed by atoms with Crippen LogP contribution in [0.3, 0.4) is 0 Å². The van der Waals surface area contributed by atoms with E-state index < -0.39 is 5.97 Å². The van der Waals surface area contributed by atoms with Crippen LogP contribution >= 0.6 is 11.6 Å². The quantitative estimate of drug-likeness (QED) is 0.355. The van der Waals surface area contributed by atoms with E-state index in [0.717, 1.165) is 33.5 Å². The fourth-order valence-corrected chi connectivity index (χ4v) is 4.85. The number of para-hydroxylation sites is 1. The van der Waals surface area contributed by atoms with Crippen molar-refractivity contribution in [3.8, 4) is 5.75 Å². The number of ether oxygens (including phenoxy) is 2. The number of carbonyl (C=O) groups excluding carboxylic acids is 2. The van der Waals surface area contributed by atoms with E-state index in [2.05, 4.69) is 10.3 Å². The number of hydrogen-bond donors (Lipinski definition) is 2. The highest BCUT2D eigenvalue weighted by Gasteiger charge is 2.35. The second-order valence-corrected chi connectivity index (χ2v) is 8.73. The minimum Gasteiger partial charge on any atom is -0.497 e. The first kappa shape index (κ1) is 22.8. The number of aromatic nitrogens is 1. The Hall–Kier alpha value is -3.97. The molecule has 2 N–H and O–H groups in total. The lowest BCUT2D eigenvalue weighted by Crippen LogP contribution is -2.43. The molecule has 0 unspecified atom stereocenters. The smallest absolute Gasteiger partial charge is 0.339 e. The number of carbonyl (C=O) groups is 2. The number of halogens is 1. The number of H-pyrrole nitrogens is 1. The first-order chi connectivity index (χ1) is 17.0. The summed E-state index contributed by atoms with van der Waals surface area (Å²) >= 11 is 6.29. The summed E-state index contributed by atoms with van der Waals surface area (Å²) in [4.78, 5) is 31.1. The summed E-state index contributed by atoms with van der Waals surface area (Å²) in [7, 11) is 2.93. The van der Waals surface area contributed by atoms with Crippen molar-refractivity contribution in [2.45, 2.75) is 12.5 Å². The van der Waals surface area contributed by atoms with Crippen molar-refractivity contribution >= 4 is 40.2 Å². The summed E-state index contributed by atoms with van der Waals surface area (Å²) in [5, 5.41) is 4.64. The summed E-state index contributed by atoms with van der Waals surface area (Å²) < 4.78 is 10.2. The van der Waals surface area contributed by atoms with Crippen LogP contribution in [0.4, 0.5) is 10.5 Å². The number of benzene rings is 3. The predicted octanol–water partition coefficient (Wildman–Crippen LogP) is 5.80. The standard InChI is InChI=1S/C27H24ClN3O4/c1-34-18-10-7-16(8-11-18)25-24-19(21-15-17(28)9-12-23(21)29-24)13-14-31(25)27(33)30-22-6-4-3-5-20(22)26(32)35-2/h3-12,15,25,29H,13-14H2,1-2H3,(H,30,33)/t25-/m1/s1. The van der Waals surface area contributed by atoms with Crippen molar-refractivity contribution in [2.75, 3.05) is 26.1 Å². The monoisotopic (exact) mass is 489 g/mol. The molecule has 1 aliphatic rings. The van der Waals surface area contributed by atoms with Gasteiger partial charge in [0.2, 0.25) is 0 Å². The molecule has 2 amide bonds. The average molecular weight is 490 g/mol. The molecule has 1 atom stereocenters. The molecule has 0 bridgehead atoms. The van der Waals surface area contributed by atoms with E-state index >= 15 is 0 Å². The van der Waals surface area contributed by atoms with Crippen molar-refractivity contribution in [1.29, 1.82) is 0 Å². The zero-order chi connectivity index (χ0) is 24.5. The Labute approximate surface area is 207 Å². The zero-order valence-corrected chi connectivity index (χ0v) is 20.1. The molecule has 0 fully saturated rings. The maximum Gasteiger partial charge on any atom is 0.339 e. The summed E-state index contributed by atoms with van der Waals surface area (Å²) in [6.45, 7) is 0.482. The molecule has 178 valence electrons. The van der Waals surface area contributed by atoms with Gasteiger partial charge < -0.3 is 24.7 Å². The number of fused-ring (bicyclic) bond motifs is 3. The van der Waals surface area contributed by atoms with Crippen LogP contribution in [0.15, 0.2) is 66.7 Å². The van der Waals surface area contributed by atoms with Crippen molar-refractivity contribution in [2.24, 2.45) is 0 Å². The van der Waals surface area contributed by atoms with Crippen LogP contribution in [0.1, 0.15) is 33.2 Å². The molecule has 1 aliphatic heterocycles. The van der Waals surface area contributed by atoms with Gasteiger partial charge in [-0.05, 0) is 60.0 Å². The van der Waals surface area contributed by atoms with Gasteiger partial charge in [-0.25, -0.2) is 9.59 Å². The normalized spacial score (nSPS) is 14.9. The van der Waals surface area contributed by atoms with Gasteiger partial charge in [0.05, 0.1) is 31.5 Å². The van der Waals surface area contributed by atoms with Crippen LogP contribution in [0, 0.1) is 0 Å². The Morgan fingerprint density at radius 2 is 1.83 bits per heavy atom. The van der Waals surface area contributed by atoms with E-state index in [1.807, 2.05) is 42.5 Å². The number of nitrogens with zero attached hydrogens (tertiary/aromatic N) is 1. The third-order valence-corrected chi connectivity index (χ3v) is 6.59. The predicted molar refractivity (Wildman–Crippen MR) is 135 cm³/mol. The maximum atomic E-state index is 13.6. The number of nitrogens with one attached hydrogen (secondary N) is 2. The molecule has 0 radical (unpaired) electrons. The molecule has 0 spiro atoms. The third kappa shape index (κ3) is 4.19. The molecule has 4 aromatic rings. The SMILES string of the molecule is COC(=O)c1ccccc1NC(=O)N1CCc2c([nH]c3ccc(Cl)cc23)[C@H]1c1ccc(OC)cc1. The Balaban J connectivity index is 1.57. The van der Waals surface area contributed by atoms with E-state index in [1.54, 1.807) is 36.3 Å². The molecular weight excluding hydrogens is 466 g/mol. The Kier molecular flexibility index (Phi) is 6.09. The maximum absolute atomic E-state index is 13.6. The van der Waals surface area contributed by atoms with Crippen LogP contribution in [0.2, 0.25) is 5.02 Å². The van der Waals surface area contributed by atoms with Crippen LogP contribution in [-0.4, -0.2) is 42.6 Å². The molecule has 1 aromatic heterocycles.